The zero-order valence-corrected chi connectivity index (χ0v) is 14.8. The third-order valence-electron chi connectivity index (χ3n) is 4.68. The highest BCUT2D eigenvalue weighted by atomic mass is 16.5. The van der Waals surface area contributed by atoms with Crippen LogP contribution in [0.5, 0.6) is 5.75 Å². The molecule has 1 spiro atoms. The summed E-state index contributed by atoms with van der Waals surface area (Å²) in [4.78, 5) is 19.0. The van der Waals surface area contributed by atoms with Gasteiger partial charge in [0, 0.05) is 32.7 Å². The maximum absolute atomic E-state index is 13.0. The Kier molecular flexibility index (Phi) is 4.03. The highest BCUT2D eigenvalue weighted by Gasteiger charge is 2.55. The predicted octanol–water partition coefficient (Wildman–Crippen LogP) is 1.81. The maximum Gasteiger partial charge on any atom is 0.261 e. The third-order valence-corrected chi connectivity index (χ3v) is 4.68. The van der Waals surface area contributed by atoms with Gasteiger partial charge in [-0.3, -0.25) is 9.69 Å². The zero-order valence-electron chi connectivity index (χ0n) is 14.8. The normalized spacial score (nSPS) is 24.8. The van der Waals surface area contributed by atoms with Crippen LogP contribution < -0.4 is 10.5 Å². The first-order valence-corrected chi connectivity index (χ1v) is 8.24. The lowest BCUT2D eigenvalue weighted by molar-refractivity contribution is -0.133. The average Bonchev–Trinajstić information content (AvgIpc) is 2.72. The Balaban J connectivity index is 2.06. The summed E-state index contributed by atoms with van der Waals surface area (Å²) in [5.41, 5.74) is 6.44. The number of aliphatic imine (C=N–C) groups is 1. The van der Waals surface area contributed by atoms with Crippen LogP contribution in [-0.4, -0.2) is 43.1 Å². The molecule has 0 aliphatic carbocycles. The molecule has 2 aliphatic heterocycles. The van der Waals surface area contributed by atoms with Crippen LogP contribution >= 0.6 is 0 Å². The Morgan fingerprint density at radius 2 is 2.17 bits per heavy atom. The lowest BCUT2D eigenvalue weighted by atomic mass is 9.77. The Hall–Kier alpha value is -2.08. The number of hydrogen-bond acceptors (Lipinski definition) is 5. The van der Waals surface area contributed by atoms with E-state index in [0.29, 0.717) is 18.8 Å². The summed E-state index contributed by atoms with van der Waals surface area (Å²) >= 11 is 0. The van der Waals surface area contributed by atoms with Crippen molar-refractivity contribution in [2.75, 3.05) is 20.8 Å². The van der Waals surface area contributed by atoms with Gasteiger partial charge in [-0.2, -0.15) is 0 Å². The molecule has 1 aromatic rings. The van der Waals surface area contributed by atoms with Crippen molar-refractivity contribution in [1.82, 2.24) is 4.90 Å². The fourth-order valence-electron chi connectivity index (χ4n) is 3.60. The number of methoxy groups -OCH3 is 1. The van der Waals surface area contributed by atoms with Crippen LogP contribution in [0.3, 0.4) is 0 Å². The Labute approximate surface area is 142 Å². The molecule has 3 rings (SSSR count). The van der Waals surface area contributed by atoms with Gasteiger partial charge in [-0.1, -0.05) is 6.07 Å². The van der Waals surface area contributed by atoms with E-state index in [9.17, 15) is 4.79 Å². The molecule has 2 aliphatic rings. The van der Waals surface area contributed by atoms with Gasteiger partial charge >= 0.3 is 0 Å². The molecule has 2 heterocycles. The molecular formula is C18H25N3O3. The van der Waals surface area contributed by atoms with Crippen molar-refractivity contribution in [3.8, 4) is 5.75 Å². The summed E-state index contributed by atoms with van der Waals surface area (Å²) < 4.78 is 11.2. The molecule has 0 fully saturated rings. The Morgan fingerprint density at radius 3 is 2.79 bits per heavy atom. The molecule has 2 N–H and O–H groups in total. The van der Waals surface area contributed by atoms with Crippen molar-refractivity contribution >= 4 is 11.9 Å². The number of rotatable bonds is 4. The Bertz CT molecular complexity index is 699. The van der Waals surface area contributed by atoms with Gasteiger partial charge in [-0.15, -0.1) is 0 Å². The number of carbonyl (C=O) groups excluding carboxylic acids is 1. The van der Waals surface area contributed by atoms with E-state index in [1.807, 2.05) is 32.0 Å². The average molecular weight is 331 g/mol. The molecule has 1 unspecified atom stereocenters. The summed E-state index contributed by atoms with van der Waals surface area (Å²) in [7, 11) is 3.36. The second kappa shape index (κ2) is 5.77. The number of amides is 1. The number of fused-ring (bicyclic) bond motifs is 2. The van der Waals surface area contributed by atoms with E-state index in [2.05, 4.69) is 4.99 Å². The van der Waals surface area contributed by atoms with Crippen molar-refractivity contribution in [3.05, 3.63) is 29.3 Å². The summed E-state index contributed by atoms with van der Waals surface area (Å²) in [6.45, 7) is 4.65. The molecule has 0 radical (unpaired) electrons. The summed E-state index contributed by atoms with van der Waals surface area (Å²) in [5.74, 6) is 0.877. The van der Waals surface area contributed by atoms with E-state index in [1.54, 1.807) is 14.2 Å². The van der Waals surface area contributed by atoms with Gasteiger partial charge in [0.15, 0.2) is 11.5 Å². The van der Waals surface area contributed by atoms with Crippen LogP contribution in [0, 0.1) is 0 Å². The molecule has 0 saturated carbocycles. The highest BCUT2D eigenvalue weighted by Crippen LogP contribution is 2.49. The standard InChI is InChI=1S/C18H25N3O3/c1-17(2)11-18(15(22)21(3)16(19)20-18)13-10-12(6-5-9-23-4)7-8-14(13)24-17/h7-8,10H,5-6,9,11H2,1-4H3,(H2,19,20). The van der Waals surface area contributed by atoms with E-state index >= 15 is 0 Å². The minimum atomic E-state index is -0.979. The van der Waals surface area contributed by atoms with Crippen LogP contribution in [0.25, 0.3) is 0 Å². The fourth-order valence-corrected chi connectivity index (χ4v) is 3.60. The molecule has 1 aromatic carbocycles. The van der Waals surface area contributed by atoms with Crippen molar-refractivity contribution in [3.63, 3.8) is 0 Å². The minimum absolute atomic E-state index is 0.0910. The van der Waals surface area contributed by atoms with E-state index < -0.39 is 11.1 Å². The number of aryl methyl sites for hydroxylation is 1. The number of benzene rings is 1. The lowest BCUT2D eigenvalue weighted by Gasteiger charge is -2.41. The Morgan fingerprint density at radius 1 is 1.42 bits per heavy atom. The van der Waals surface area contributed by atoms with E-state index in [4.69, 9.17) is 15.2 Å². The van der Waals surface area contributed by atoms with E-state index in [0.717, 1.165) is 24.0 Å². The monoisotopic (exact) mass is 331 g/mol. The van der Waals surface area contributed by atoms with Crippen molar-refractivity contribution < 1.29 is 14.3 Å². The van der Waals surface area contributed by atoms with E-state index in [1.165, 1.54) is 4.90 Å². The van der Waals surface area contributed by atoms with Gasteiger partial charge in [0.1, 0.15) is 11.4 Å². The topological polar surface area (TPSA) is 77.2 Å². The molecule has 0 aromatic heterocycles. The fraction of sp³-hybridized carbons (Fsp3) is 0.556. The smallest absolute Gasteiger partial charge is 0.261 e. The first-order chi connectivity index (χ1) is 11.3. The quantitative estimate of drug-likeness (QED) is 0.854. The van der Waals surface area contributed by atoms with Crippen LogP contribution in [0.15, 0.2) is 23.2 Å². The van der Waals surface area contributed by atoms with Gasteiger partial charge in [0.05, 0.1) is 0 Å². The van der Waals surface area contributed by atoms with Crippen molar-refractivity contribution in [2.24, 2.45) is 10.7 Å². The number of ether oxygens (including phenoxy) is 2. The summed E-state index contributed by atoms with van der Waals surface area (Å²) in [6, 6.07) is 6.02. The van der Waals surface area contributed by atoms with Gasteiger partial charge < -0.3 is 15.2 Å². The van der Waals surface area contributed by atoms with Crippen LogP contribution in [-0.2, 0) is 21.5 Å². The van der Waals surface area contributed by atoms with Crippen molar-refractivity contribution in [1.29, 1.82) is 0 Å². The highest BCUT2D eigenvalue weighted by molar-refractivity contribution is 6.07. The molecule has 1 amide bonds. The van der Waals surface area contributed by atoms with Crippen LogP contribution in [0.2, 0.25) is 0 Å². The van der Waals surface area contributed by atoms with Gasteiger partial charge in [0.25, 0.3) is 5.91 Å². The van der Waals surface area contributed by atoms with Crippen LogP contribution in [0.4, 0.5) is 0 Å². The van der Waals surface area contributed by atoms with Crippen molar-refractivity contribution in [2.45, 2.75) is 44.2 Å². The zero-order chi connectivity index (χ0) is 17.5. The van der Waals surface area contributed by atoms with Crippen LogP contribution in [0.1, 0.15) is 37.8 Å². The molecule has 1 atom stereocenters. The number of hydrogen-bond donors (Lipinski definition) is 1. The lowest BCUT2D eigenvalue weighted by Crippen LogP contribution is -2.49. The number of carbonyl (C=O) groups is 1. The third kappa shape index (κ3) is 2.65. The summed E-state index contributed by atoms with van der Waals surface area (Å²) in [6.07, 6.45) is 2.27. The first kappa shape index (κ1) is 16.8. The second-order valence-electron chi connectivity index (χ2n) is 7.16. The van der Waals surface area contributed by atoms with Gasteiger partial charge in [-0.25, -0.2) is 4.99 Å². The largest absolute Gasteiger partial charge is 0.487 e. The molecule has 0 saturated heterocycles. The first-order valence-electron chi connectivity index (χ1n) is 8.24. The number of guanidine groups is 1. The van der Waals surface area contributed by atoms with E-state index in [-0.39, 0.29) is 11.9 Å². The number of likely N-dealkylation sites (N-methyl/N-ethyl adjacent to an activating group) is 1. The molecule has 6 heteroatoms. The molecule has 0 bridgehead atoms. The number of nitrogens with two attached hydrogens (primary N) is 1. The summed E-state index contributed by atoms with van der Waals surface area (Å²) in [5, 5.41) is 0. The molecule has 130 valence electrons. The molecule has 24 heavy (non-hydrogen) atoms. The SMILES string of the molecule is COCCCc1ccc2c(c1)C1(CC(C)(C)O2)N=C(N)N(C)C1=O. The number of nitrogens with zero attached hydrogens (tertiary/aromatic N) is 2. The maximum atomic E-state index is 13.0. The molecular weight excluding hydrogens is 306 g/mol. The van der Waals surface area contributed by atoms with Gasteiger partial charge in [-0.05, 0) is 44.4 Å². The second-order valence-corrected chi connectivity index (χ2v) is 7.16. The minimum Gasteiger partial charge on any atom is -0.487 e. The van der Waals surface area contributed by atoms with Gasteiger partial charge in [0.2, 0.25) is 0 Å². The molecule has 6 nitrogen and oxygen atoms in total. The predicted molar refractivity (Wildman–Crippen MR) is 92.0 cm³/mol.